The number of carbonyl (C=O) groups is 1. The lowest BCUT2D eigenvalue weighted by atomic mass is 10.0. The predicted octanol–water partition coefficient (Wildman–Crippen LogP) is 4.69. The van der Waals surface area contributed by atoms with E-state index >= 15 is 0 Å². The second-order valence-corrected chi connectivity index (χ2v) is 14.7. The van der Waals surface area contributed by atoms with E-state index < -0.39 is 15.1 Å². The Morgan fingerprint density at radius 2 is 1.80 bits per heavy atom. The van der Waals surface area contributed by atoms with Crippen molar-refractivity contribution in [3.63, 3.8) is 0 Å². The maximum absolute atomic E-state index is 13.5. The monoisotopic (exact) mass is 629 g/mol. The van der Waals surface area contributed by atoms with Crippen molar-refractivity contribution in [1.29, 1.82) is 0 Å². The van der Waals surface area contributed by atoms with E-state index in [9.17, 15) is 13.2 Å². The van der Waals surface area contributed by atoms with Crippen molar-refractivity contribution in [3.05, 3.63) is 61.4 Å². The Hall–Kier alpha value is -4.42. The fraction of sp³-hybridized carbons (Fsp3) is 0.364. The normalized spacial score (nSPS) is 18.4. The molecule has 2 N–H and O–H groups in total. The molecule has 1 amide bonds. The number of hydrogen-bond acceptors (Lipinski definition) is 9. The Labute approximate surface area is 263 Å². The molecule has 4 aromatic rings. The molecule has 0 saturated carbocycles. The van der Waals surface area contributed by atoms with Crippen molar-refractivity contribution >= 4 is 49.7 Å². The second kappa shape index (κ2) is 11.8. The van der Waals surface area contributed by atoms with Gasteiger partial charge in [-0.3, -0.25) is 4.79 Å². The summed E-state index contributed by atoms with van der Waals surface area (Å²) >= 11 is 0. The first kappa shape index (κ1) is 30.6. The fourth-order valence-corrected chi connectivity index (χ4v) is 7.68. The topological polar surface area (TPSA) is 122 Å². The van der Waals surface area contributed by atoms with Gasteiger partial charge in [-0.1, -0.05) is 24.8 Å². The lowest BCUT2D eigenvalue weighted by Crippen LogP contribution is -2.27. The molecule has 12 heteroatoms. The SMILES string of the molecule is C=CC(=O)Nc1cc(Nc2ncc(S(=O)(=O)C(C)C)c(-c3cn(C)c4ccccc34)n2)c(OC)cc1N1C[C@H]2CN(C)C[C@H]2C1. The van der Waals surface area contributed by atoms with E-state index in [2.05, 4.69) is 39.0 Å². The van der Waals surface area contributed by atoms with E-state index in [1.165, 1.54) is 12.3 Å². The van der Waals surface area contributed by atoms with Gasteiger partial charge >= 0.3 is 0 Å². The van der Waals surface area contributed by atoms with Gasteiger partial charge in [0.25, 0.3) is 0 Å². The number of aromatic nitrogens is 3. The van der Waals surface area contributed by atoms with Gasteiger partial charge in [0.2, 0.25) is 11.9 Å². The van der Waals surface area contributed by atoms with Crippen molar-refractivity contribution in [2.45, 2.75) is 24.0 Å². The van der Waals surface area contributed by atoms with Crippen LogP contribution in [0.2, 0.25) is 0 Å². The third-order valence-corrected chi connectivity index (χ3v) is 11.0. The lowest BCUT2D eigenvalue weighted by Gasteiger charge is -2.26. The fourth-order valence-electron chi connectivity index (χ4n) is 6.54. The number of hydrogen-bond donors (Lipinski definition) is 2. The highest BCUT2D eigenvalue weighted by molar-refractivity contribution is 7.92. The number of nitrogens with one attached hydrogen (secondary N) is 2. The van der Waals surface area contributed by atoms with Crippen LogP contribution in [0.15, 0.2) is 66.3 Å². The maximum Gasteiger partial charge on any atom is 0.247 e. The van der Waals surface area contributed by atoms with Gasteiger partial charge in [0.05, 0.1) is 41.3 Å². The number of fused-ring (bicyclic) bond motifs is 2. The summed E-state index contributed by atoms with van der Waals surface area (Å²) in [7, 11) is 1.94. The summed E-state index contributed by atoms with van der Waals surface area (Å²) in [6.07, 6.45) is 4.49. The average molecular weight is 630 g/mol. The largest absolute Gasteiger partial charge is 0.494 e. The Balaban J connectivity index is 1.43. The molecule has 2 saturated heterocycles. The van der Waals surface area contributed by atoms with E-state index in [-0.39, 0.29) is 16.8 Å². The van der Waals surface area contributed by atoms with Crippen LogP contribution in [-0.4, -0.2) is 79.3 Å². The van der Waals surface area contributed by atoms with Gasteiger partial charge in [0.1, 0.15) is 10.6 Å². The summed E-state index contributed by atoms with van der Waals surface area (Å²) in [6, 6.07) is 11.5. The molecule has 4 heterocycles. The molecule has 0 aliphatic carbocycles. The quantitative estimate of drug-likeness (QED) is 0.254. The van der Waals surface area contributed by atoms with Crippen LogP contribution in [0.5, 0.6) is 5.75 Å². The highest BCUT2D eigenvalue weighted by atomic mass is 32.2. The van der Waals surface area contributed by atoms with Crippen LogP contribution in [-0.2, 0) is 21.7 Å². The van der Waals surface area contributed by atoms with Crippen LogP contribution < -0.4 is 20.3 Å². The van der Waals surface area contributed by atoms with E-state index in [0.29, 0.717) is 40.2 Å². The van der Waals surface area contributed by atoms with Crippen molar-refractivity contribution in [3.8, 4) is 17.0 Å². The molecule has 6 rings (SSSR count). The lowest BCUT2D eigenvalue weighted by molar-refractivity contribution is -0.111. The zero-order valence-electron chi connectivity index (χ0n) is 26.2. The first-order valence-electron chi connectivity index (χ1n) is 15.0. The van der Waals surface area contributed by atoms with Gasteiger partial charge in [-0.05, 0) is 50.9 Å². The summed E-state index contributed by atoms with van der Waals surface area (Å²) < 4.78 is 34.7. The maximum atomic E-state index is 13.5. The van der Waals surface area contributed by atoms with Crippen LogP contribution in [0.25, 0.3) is 22.2 Å². The molecule has 2 aliphatic heterocycles. The highest BCUT2D eigenvalue weighted by Crippen LogP contribution is 2.43. The molecule has 2 fully saturated rings. The summed E-state index contributed by atoms with van der Waals surface area (Å²) in [4.78, 5) is 26.5. The van der Waals surface area contributed by atoms with Crippen LogP contribution >= 0.6 is 0 Å². The van der Waals surface area contributed by atoms with Crippen LogP contribution in [0, 0.1) is 11.8 Å². The number of carbonyl (C=O) groups excluding carboxylic acids is 1. The summed E-state index contributed by atoms with van der Waals surface area (Å²) in [6.45, 7) is 10.8. The molecule has 0 bridgehead atoms. The van der Waals surface area contributed by atoms with E-state index in [0.717, 1.165) is 42.8 Å². The Morgan fingerprint density at radius 1 is 1.09 bits per heavy atom. The molecule has 2 aromatic heterocycles. The van der Waals surface area contributed by atoms with Crippen molar-refractivity contribution in [2.75, 3.05) is 55.9 Å². The van der Waals surface area contributed by atoms with Gasteiger partial charge < -0.3 is 29.7 Å². The minimum absolute atomic E-state index is 0.0610. The molecule has 45 heavy (non-hydrogen) atoms. The first-order valence-corrected chi connectivity index (χ1v) is 16.6. The smallest absolute Gasteiger partial charge is 0.247 e. The molecular weight excluding hydrogens is 590 g/mol. The number of nitrogens with zero attached hydrogens (tertiary/aromatic N) is 5. The molecule has 2 atom stereocenters. The van der Waals surface area contributed by atoms with Gasteiger partial charge in [-0.2, -0.15) is 0 Å². The number of ether oxygens (including phenoxy) is 1. The molecule has 2 aliphatic rings. The third kappa shape index (κ3) is 5.64. The summed E-state index contributed by atoms with van der Waals surface area (Å²) in [5, 5.41) is 6.42. The van der Waals surface area contributed by atoms with E-state index in [4.69, 9.17) is 9.72 Å². The number of likely N-dealkylation sites (tertiary alicyclic amines) is 1. The zero-order chi connectivity index (χ0) is 32.0. The number of aryl methyl sites for hydroxylation is 1. The van der Waals surface area contributed by atoms with Crippen molar-refractivity contribution < 1.29 is 17.9 Å². The number of methoxy groups -OCH3 is 1. The number of rotatable bonds is 9. The van der Waals surface area contributed by atoms with Crippen molar-refractivity contribution in [2.24, 2.45) is 18.9 Å². The third-order valence-electron chi connectivity index (χ3n) is 8.85. The van der Waals surface area contributed by atoms with E-state index in [1.807, 2.05) is 48.1 Å². The number of anilines is 4. The van der Waals surface area contributed by atoms with Crippen LogP contribution in [0.1, 0.15) is 13.8 Å². The Kier molecular flexibility index (Phi) is 8.04. The number of benzene rings is 2. The standard InChI is InChI=1S/C33H39N7O4S/c1-7-31(41)35-25-12-26(29(44-6)13-28(25)40-17-21-15-38(4)16-22(21)18-40)36-33-34-14-30(45(42,43)20(2)3)32(37-33)24-19-39(5)27-11-9-8-10-23(24)27/h7-14,19-22H,1,15-18H2,2-6H3,(H,35,41)(H,34,36,37)/t21-,22+. The minimum Gasteiger partial charge on any atom is -0.494 e. The van der Waals surface area contributed by atoms with Crippen LogP contribution in [0.4, 0.5) is 23.0 Å². The summed E-state index contributed by atoms with van der Waals surface area (Å²) in [5.41, 5.74) is 3.92. The predicted molar refractivity (Wildman–Crippen MR) is 178 cm³/mol. The van der Waals surface area contributed by atoms with Gasteiger partial charge in [-0.15, -0.1) is 0 Å². The Bertz CT molecular complexity index is 1890. The summed E-state index contributed by atoms with van der Waals surface area (Å²) in [5.74, 6) is 1.51. The van der Waals surface area contributed by atoms with Gasteiger partial charge in [0.15, 0.2) is 9.84 Å². The van der Waals surface area contributed by atoms with Crippen LogP contribution in [0.3, 0.4) is 0 Å². The number of amides is 1. The average Bonchev–Trinajstić information content (AvgIpc) is 3.67. The zero-order valence-corrected chi connectivity index (χ0v) is 27.1. The molecule has 0 unspecified atom stereocenters. The molecule has 236 valence electrons. The molecule has 11 nitrogen and oxygen atoms in total. The van der Waals surface area contributed by atoms with Gasteiger partial charge in [0, 0.05) is 62.0 Å². The van der Waals surface area contributed by atoms with E-state index in [1.54, 1.807) is 27.0 Å². The minimum atomic E-state index is -3.72. The molecule has 0 spiro atoms. The number of sulfone groups is 1. The van der Waals surface area contributed by atoms with Gasteiger partial charge in [-0.25, -0.2) is 18.4 Å². The highest BCUT2D eigenvalue weighted by Gasteiger charge is 2.39. The number of para-hydroxylation sites is 1. The first-order chi connectivity index (χ1) is 21.5. The Morgan fingerprint density at radius 3 is 2.47 bits per heavy atom. The molecule has 0 radical (unpaired) electrons. The molecular formula is C33H39N7O4S. The second-order valence-electron chi connectivity index (χ2n) is 12.2. The van der Waals surface area contributed by atoms with Crippen molar-refractivity contribution in [1.82, 2.24) is 19.4 Å². The molecule has 2 aromatic carbocycles.